The van der Waals surface area contributed by atoms with Gasteiger partial charge < -0.3 is 9.84 Å². The number of ether oxygens (including phenoxy) is 1. The van der Waals surface area contributed by atoms with Gasteiger partial charge in [0.1, 0.15) is 11.6 Å². The number of benzene rings is 1. The van der Waals surface area contributed by atoms with Crippen LogP contribution in [-0.2, 0) is 4.79 Å². The molecule has 0 radical (unpaired) electrons. The third-order valence-electron chi connectivity index (χ3n) is 1.72. The topological polar surface area (TPSA) is 46.5 Å². The standard InChI is InChI=1S/C10H11FO3/c1-2-9(10(12)13)14-8-5-3-4-7(11)6-8/h3-6,9H,2H2,1H3,(H,12,13). The lowest BCUT2D eigenvalue weighted by atomic mass is 10.2. The lowest BCUT2D eigenvalue weighted by Crippen LogP contribution is -2.25. The molecule has 0 aliphatic heterocycles. The van der Waals surface area contributed by atoms with Gasteiger partial charge in [-0.1, -0.05) is 13.0 Å². The van der Waals surface area contributed by atoms with Gasteiger partial charge in [-0.05, 0) is 18.6 Å². The van der Waals surface area contributed by atoms with Crippen molar-refractivity contribution < 1.29 is 19.0 Å². The van der Waals surface area contributed by atoms with Crippen molar-refractivity contribution in [1.29, 1.82) is 0 Å². The second-order valence-corrected chi connectivity index (χ2v) is 2.81. The first-order valence-corrected chi connectivity index (χ1v) is 4.28. The maximum Gasteiger partial charge on any atom is 0.344 e. The number of aliphatic carboxylic acids is 1. The van der Waals surface area contributed by atoms with E-state index in [9.17, 15) is 9.18 Å². The monoisotopic (exact) mass is 198 g/mol. The Bertz CT molecular complexity index is 325. The minimum atomic E-state index is -1.04. The van der Waals surface area contributed by atoms with Crippen molar-refractivity contribution in [3.05, 3.63) is 30.1 Å². The van der Waals surface area contributed by atoms with Crippen molar-refractivity contribution in [2.75, 3.05) is 0 Å². The number of halogens is 1. The Morgan fingerprint density at radius 3 is 2.86 bits per heavy atom. The summed E-state index contributed by atoms with van der Waals surface area (Å²) in [5.74, 6) is -1.25. The fourth-order valence-corrected chi connectivity index (χ4v) is 1.01. The van der Waals surface area contributed by atoms with E-state index in [0.717, 1.165) is 6.07 Å². The molecule has 1 aromatic rings. The minimum absolute atomic E-state index is 0.235. The van der Waals surface area contributed by atoms with Gasteiger partial charge in [0.05, 0.1) is 0 Å². The highest BCUT2D eigenvalue weighted by Crippen LogP contribution is 2.14. The highest BCUT2D eigenvalue weighted by atomic mass is 19.1. The molecule has 0 spiro atoms. The molecular formula is C10H11FO3. The molecule has 0 saturated heterocycles. The van der Waals surface area contributed by atoms with E-state index in [1.807, 2.05) is 0 Å². The Labute approximate surface area is 81.1 Å². The van der Waals surface area contributed by atoms with Gasteiger partial charge in [0.2, 0.25) is 0 Å². The summed E-state index contributed by atoms with van der Waals surface area (Å²) in [5.41, 5.74) is 0. The summed E-state index contributed by atoms with van der Waals surface area (Å²) in [6.45, 7) is 1.69. The molecule has 76 valence electrons. The summed E-state index contributed by atoms with van der Waals surface area (Å²) in [6, 6.07) is 5.42. The summed E-state index contributed by atoms with van der Waals surface area (Å²) >= 11 is 0. The fraction of sp³-hybridized carbons (Fsp3) is 0.300. The quantitative estimate of drug-likeness (QED) is 0.805. The molecular weight excluding hydrogens is 187 g/mol. The maximum absolute atomic E-state index is 12.7. The first-order chi connectivity index (χ1) is 6.63. The first-order valence-electron chi connectivity index (χ1n) is 4.28. The van der Waals surface area contributed by atoms with Crippen LogP contribution in [0.1, 0.15) is 13.3 Å². The van der Waals surface area contributed by atoms with Gasteiger partial charge >= 0.3 is 5.97 Å². The minimum Gasteiger partial charge on any atom is -0.479 e. The average molecular weight is 198 g/mol. The van der Waals surface area contributed by atoms with Gasteiger partial charge in [0.25, 0.3) is 0 Å². The number of hydrogen-bond donors (Lipinski definition) is 1. The van der Waals surface area contributed by atoms with Gasteiger partial charge in [-0.15, -0.1) is 0 Å². The van der Waals surface area contributed by atoms with Gasteiger partial charge in [-0.25, -0.2) is 9.18 Å². The van der Waals surface area contributed by atoms with Crippen molar-refractivity contribution in [3.8, 4) is 5.75 Å². The molecule has 0 saturated carbocycles. The van der Waals surface area contributed by atoms with Crippen molar-refractivity contribution in [3.63, 3.8) is 0 Å². The molecule has 0 amide bonds. The zero-order valence-corrected chi connectivity index (χ0v) is 7.74. The lowest BCUT2D eigenvalue weighted by molar-refractivity contribution is -0.145. The van der Waals surface area contributed by atoms with Crippen LogP contribution in [0.25, 0.3) is 0 Å². The van der Waals surface area contributed by atoms with E-state index in [0.29, 0.717) is 6.42 Å². The molecule has 1 unspecified atom stereocenters. The van der Waals surface area contributed by atoms with Gasteiger partial charge in [-0.2, -0.15) is 0 Å². The van der Waals surface area contributed by atoms with Crippen molar-refractivity contribution in [2.24, 2.45) is 0 Å². The van der Waals surface area contributed by atoms with E-state index in [2.05, 4.69) is 0 Å². The Kier molecular flexibility index (Phi) is 3.45. The summed E-state index contributed by atoms with van der Waals surface area (Å²) in [4.78, 5) is 10.6. The molecule has 4 heteroatoms. The number of hydrogen-bond acceptors (Lipinski definition) is 2. The van der Waals surface area contributed by atoms with E-state index in [1.165, 1.54) is 18.2 Å². The van der Waals surface area contributed by atoms with Crippen molar-refractivity contribution in [2.45, 2.75) is 19.4 Å². The Morgan fingerprint density at radius 2 is 2.36 bits per heavy atom. The molecule has 1 rings (SSSR count). The maximum atomic E-state index is 12.7. The smallest absolute Gasteiger partial charge is 0.344 e. The SMILES string of the molecule is CCC(Oc1cccc(F)c1)C(=O)O. The molecule has 1 aromatic carbocycles. The highest BCUT2D eigenvalue weighted by molar-refractivity contribution is 5.72. The van der Waals surface area contributed by atoms with Crippen LogP contribution in [0.2, 0.25) is 0 Å². The van der Waals surface area contributed by atoms with Crippen LogP contribution in [0.5, 0.6) is 5.75 Å². The van der Waals surface area contributed by atoms with Gasteiger partial charge in [0, 0.05) is 6.07 Å². The van der Waals surface area contributed by atoms with E-state index in [1.54, 1.807) is 6.92 Å². The predicted molar refractivity (Wildman–Crippen MR) is 48.7 cm³/mol. The summed E-state index contributed by atoms with van der Waals surface area (Å²) < 4.78 is 17.8. The van der Waals surface area contributed by atoms with Crippen molar-refractivity contribution >= 4 is 5.97 Å². The van der Waals surface area contributed by atoms with E-state index in [4.69, 9.17) is 9.84 Å². The van der Waals surface area contributed by atoms with Gasteiger partial charge in [0.15, 0.2) is 6.10 Å². The van der Waals surface area contributed by atoms with Crippen LogP contribution in [0.15, 0.2) is 24.3 Å². The van der Waals surface area contributed by atoms with E-state index in [-0.39, 0.29) is 5.75 Å². The van der Waals surface area contributed by atoms with Crippen LogP contribution in [0.3, 0.4) is 0 Å². The lowest BCUT2D eigenvalue weighted by Gasteiger charge is -2.12. The predicted octanol–water partition coefficient (Wildman–Crippen LogP) is 2.07. The van der Waals surface area contributed by atoms with E-state index >= 15 is 0 Å². The van der Waals surface area contributed by atoms with Crippen LogP contribution in [0, 0.1) is 5.82 Å². The number of rotatable bonds is 4. The average Bonchev–Trinajstić information content (AvgIpc) is 2.14. The van der Waals surface area contributed by atoms with Crippen molar-refractivity contribution in [1.82, 2.24) is 0 Å². The molecule has 0 aliphatic carbocycles. The zero-order chi connectivity index (χ0) is 10.6. The number of carboxylic acid groups (broad SMARTS) is 1. The molecule has 1 atom stereocenters. The Hall–Kier alpha value is -1.58. The largest absolute Gasteiger partial charge is 0.479 e. The van der Waals surface area contributed by atoms with Crippen LogP contribution in [-0.4, -0.2) is 17.2 Å². The summed E-state index contributed by atoms with van der Waals surface area (Å²) in [7, 11) is 0. The third-order valence-corrected chi connectivity index (χ3v) is 1.72. The number of carboxylic acids is 1. The zero-order valence-electron chi connectivity index (χ0n) is 7.74. The van der Waals surface area contributed by atoms with E-state index < -0.39 is 17.9 Å². The molecule has 0 heterocycles. The van der Waals surface area contributed by atoms with Crippen LogP contribution in [0.4, 0.5) is 4.39 Å². The van der Waals surface area contributed by atoms with Crippen LogP contribution >= 0.6 is 0 Å². The molecule has 1 N–H and O–H groups in total. The molecule has 0 bridgehead atoms. The summed E-state index contributed by atoms with van der Waals surface area (Å²) in [5, 5.41) is 8.69. The second-order valence-electron chi connectivity index (χ2n) is 2.81. The molecule has 0 aromatic heterocycles. The highest BCUT2D eigenvalue weighted by Gasteiger charge is 2.16. The Morgan fingerprint density at radius 1 is 1.64 bits per heavy atom. The normalized spacial score (nSPS) is 12.1. The molecule has 3 nitrogen and oxygen atoms in total. The van der Waals surface area contributed by atoms with Gasteiger partial charge in [-0.3, -0.25) is 0 Å². The fourth-order valence-electron chi connectivity index (χ4n) is 1.01. The molecule has 14 heavy (non-hydrogen) atoms. The summed E-state index contributed by atoms with van der Waals surface area (Å²) in [6.07, 6.45) is -0.580. The number of carbonyl (C=O) groups is 1. The molecule has 0 fully saturated rings. The third kappa shape index (κ3) is 2.73. The molecule has 0 aliphatic rings. The van der Waals surface area contributed by atoms with Crippen LogP contribution < -0.4 is 4.74 Å². The first kappa shape index (κ1) is 10.5. The second kappa shape index (κ2) is 4.60. The Balaban J connectivity index is 2.72.